The van der Waals surface area contributed by atoms with E-state index in [9.17, 15) is 9.59 Å². The van der Waals surface area contributed by atoms with E-state index >= 15 is 0 Å². The van der Waals surface area contributed by atoms with Crippen LogP contribution in [0, 0.1) is 0 Å². The third kappa shape index (κ3) is 4.42. The van der Waals surface area contributed by atoms with Crippen LogP contribution in [0.5, 0.6) is 0 Å². The van der Waals surface area contributed by atoms with Crippen LogP contribution in [0.3, 0.4) is 0 Å². The normalized spacial score (nSPS) is 16.6. The smallest absolute Gasteiger partial charge is 0.354 e. The van der Waals surface area contributed by atoms with Gasteiger partial charge < -0.3 is 14.7 Å². The minimum atomic E-state index is -1.15. The predicted molar refractivity (Wildman–Crippen MR) is 91.4 cm³/mol. The highest BCUT2D eigenvalue weighted by Crippen LogP contribution is 2.17. The van der Waals surface area contributed by atoms with Gasteiger partial charge in [0.1, 0.15) is 5.69 Å². The van der Waals surface area contributed by atoms with Gasteiger partial charge in [-0.05, 0) is 30.5 Å². The van der Waals surface area contributed by atoms with Gasteiger partial charge in [-0.25, -0.2) is 9.78 Å². The molecule has 6 heteroatoms. The summed E-state index contributed by atoms with van der Waals surface area (Å²) in [5.41, 5.74) is 1.20. The topological polar surface area (TPSA) is 79.7 Å². The SMILES string of the molecule is O=C(O)c1cc(C(=O)N(Cc2ccccc2)C[C@H]2CCCO2)ccn1. The van der Waals surface area contributed by atoms with Gasteiger partial charge in [0.2, 0.25) is 0 Å². The van der Waals surface area contributed by atoms with Gasteiger partial charge in [-0.2, -0.15) is 0 Å². The number of aromatic carboxylic acids is 1. The fraction of sp³-hybridized carbons (Fsp3) is 0.316. The minimum Gasteiger partial charge on any atom is -0.477 e. The molecule has 25 heavy (non-hydrogen) atoms. The zero-order valence-corrected chi connectivity index (χ0v) is 13.8. The molecule has 0 spiro atoms. The number of hydrogen-bond acceptors (Lipinski definition) is 4. The van der Waals surface area contributed by atoms with E-state index in [1.807, 2.05) is 30.3 Å². The average molecular weight is 340 g/mol. The Kier molecular flexibility index (Phi) is 5.40. The molecule has 1 aromatic heterocycles. The first kappa shape index (κ1) is 17.1. The second-order valence-corrected chi connectivity index (χ2v) is 6.04. The molecule has 1 saturated heterocycles. The van der Waals surface area contributed by atoms with Crippen molar-refractivity contribution in [3.8, 4) is 0 Å². The van der Waals surface area contributed by atoms with Gasteiger partial charge >= 0.3 is 5.97 Å². The Balaban J connectivity index is 1.82. The van der Waals surface area contributed by atoms with Crippen LogP contribution in [0.4, 0.5) is 0 Å². The number of ether oxygens (including phenoxy) is 1. The van der Waals surface area contributed by atoms with E-state index < -0.39 is 5.97 Å². The molecule has 1 fully saturated rings. The van der Waals surface area contributed by atoms with Gasteiger partial charge in [0.25, 0.3) is 5.91 Å². The van der Waals surface area contributed by atoms with Crippen molar-refractivity contribution in [2.45, 2.75) is 25.5 Å². The Morgan fingerprint density at radius 3 is 2.72 bits per heavy atom. The summed E-state index contributed by atoms with van der Waals surface area (Å²) < 4.78 is 5.67. The Morgan fingerprint density at radius 2 is 2.04 bits per heavy atom. The molecule has 1 aromatic carbocycles. The number of benzene rings is 1. The Bertz CT molecular complexity index is 742. The quantitative estimate of drug-likeness (QED) is 0.874. The summed E-state index contributed by atoms with van der Waals surface area (Å²) >= 11 is 0. The maximum Gasteiger partial charge on any atom is 0.354 e. The molecule has 2 aromatic rings. The van der Waals surface area contributed by atoms with Gasteiger partial charge in [-0.3, -0.25) is 4.79 Å². The van der Waals surface area contributed by atoms with Crippen molar-refractivity contribution in [3.05, 3.63) is 65.5 Å². The molecule has 0 aliphatic carbocycles. The number of hydrogen-bond donors (Lipinski definition) is 1. The standard InChI is InChI=1S/C19H20N2O4/c22-18(15-8-9-20-17(11-15)19(23)24)21(13-16-7-4-10-25-16)12-14-5-2-1-3-6-14/h1-3,5-6,8-9,11,16H,4,7,10,12-13H2,(H,23,24)/t16-/m1/s1. The van der Waals surface area contributed by atoms with Crippen molar-refractivity contribution in [1.29, 1.82) is 0 Å². The van der Waals surface area contributed by atoms with Crippen LogP contribution in [-0.2, 0) is 11.3 Å². The minimum absolute atomic E-state index is 0.0217. The summed E-state index contributed by atoms with van der Waals surface area (Å²) in [4.78, 5) is 29.6. The van der Waals surface area contributed by atoms with Crippen LogP contribution in [0.15, 0.2) is 48.7 Å². The third-order valence-corrected chi connectivity index (χ3v) is 4.18. The molecular weight excluding hydrogens is 320 g/mol. The van der Waals surface area contributed by atoms with E-state index in [0.717, 1.165) is 25.0 Å². The van der Waals surface area contributed by atoms with Crippen molar-refractivity contribution in [2.75, 3.05) is 13.2 Å². The summed E-state index contributed by atoms with van der Waals surface area (Å²) in [5.74, 6) is -1.37. The predicted octanol–water partition coefficient (Wildman–Crippen LogP) is 2.60. The number of carbonyl (C=O) groups excluding carboxylic acids is 1. The van der Waals surface area contributed by atoms with Crippen molar-refractivity contribution >= 4 is 11.9 Å². The first-order valence-corrected chi connectivity index (χ1v) is 8.27. The lowest BCUT2D eigenvalue weighted by molar-refractivity contribution is 0.0507. The fourth-order valence-corrected chi connectivity index (χ4v) is 2.92. The Hall–Kier alpha value is -2.73. The highest BCUT2D eigenvalue weighted by Gasteiger charge is 2.24. The van der Waals surface area contributed by atoms with E-state index in [4.69, 9.17) is 9.84 Å². The molecule has 1 N–H and O–H groups in total. The number of amides is 1. The fourth-order valence-electron chi connectivity index (χ4n) is 2.92. The second kappa shape index (κ2) is 7.90. The molecule has 0 saturated carbocycles. The number of carboxylic acids is 1. The van der Waals surface area contributed by atoms with Crippen molar-refractivity contribution in [1.82, 2.24) is 9.88 Å². The van der Waals surface area contributed by atoms with E-state index in [0.29, 0.717) is 18.7 Å². The molecule has 1 aliphatic rings. The maximum absolute atomic E-state index is 13.0. The molecule has 1 aliphatic heterocycles. The van der Waals surface area contributed by atoms with Crippen LogP contribution < -0.4 is 0 Å². The van der Waals surface area contributed by atoms with Crippen LogP contribution in [-0.4, -0.2) is 46.1 Å². The Morgan fingerprint density at radius 1 is 1.24 bits per heavy atom. The highest BCUT2D eigenvalue weighted by molar-refractivity contribution is 5.96. The first-order chi connectivity index (χ1) is 12.1. The maximum atomic E-state index is 13.0. The molecule has 2 heterocycles. The summed E-state index contributed by atoms with van der Waals surface area (Å²) in [6.45, 7) is 1.65. The van der Waals surface area contributed by atoms with Crippen LogP contribution >= 0.6 is 0 Å². The van der Waals surface area contributed by atoms with Gasteiger partial charge in [0.15, 0.2) is 0 Å². The van der Waals surface area contributed by atoms with Crippen molar-refractivity contribution < 1.29 is 19.4 Å². The lowest BCUT2D eigenvalue weighted by Crippen LogP contribution is -2.37. The van der Waals surface area contributed by atoms with Gasteiger partial charge in [0, 0.05) is 31.5 Å². The second-order valence-electron chi connectivity index (χ2n) is 6.04. The molecular formula is C19H20N2O4. The number of pyridine rings is 1. The van der Waals surface area contributed by atoms with E-state index in [2.05, 4.69) is 4.98 Å². The summed E-state index contributed by atoms with van der Waals surface area (Å²) in [7, 11) is 0. The number of nitrogens with zero attached hydrogens (tertiary/aromatic N) is 2. The molecule has 0 unspecified atom stereocenters. The van der Waals surface area contributed by atoms with E-state index in [-0.39, 0.29) is 17.7 Å². The lowest BCUT2D eigenvalue weighted by atomic mass is 10.1. The molecule has 130 valence electrons. The van der Waals surface area contributed by atoms with E-state index in [1.54, 1.807) is 11.0 Å². The first-order valence-electron chi connectivity index (χ1n) is 8.27. The molecule has 1 atom stereocenters. The van der Waals surface area contributed by atoms with Gasteiger partial charge in [-0.1, -0.05) is 30.3 Å². The van der Waals surface area contributed by atoms with Crippen LogP contribution in [0.1, 0.15) is 39.3 Å². The number of aromatic nitrogens is 1. The van der Waals surface area contributed by atoms with Crippen LogP contribution in [0.2, 0.25) is 0 Å². The molecule has 3 rings (SSSR count). The van der Waals surface area contributed by atoms with Gasteiger partial charge in [-0.15, -0.1) is 0 Å². The average Bonchev–Trinajstić information content (AvgIpc) is 3.14. The Labute approximate surface area is 146 Å². The van der Waals surface area contributed by atoms with Crippen LogP contribution in [0.25, 0.3) is 0 Å². The lowest BCUT2D eigenvalue weighted by Gasteiger charge is -2.26. The number of rotatable bonds is 6. The van der Waals surface area contributed by atoms with Crippen molar-refractivity contribution in [3.63, 3.8) is 0 Å². The van der Waals surface area contributed by atoms with E-state index in [1.165, 1.54) is 12.3 Å². The highest BCUT2D eigenvalue weighted by atomic mass is 16.5. The number of carboxylic acid groups (broad SMARTS) is 1. The zero-order valence-electron chi connectivity index (χ0n) is 13.8. The molecule has 1 amide bonds. The summed E-state index contributed by atoms with van der Waals surface area (Å²) in [6, 6.07) is 12.6. The number of carbonyl (C=O) groups is 2. The third-order valence-electron chi connectivity index (χ3n) is 4.18. The zero-order chi connectivity index (χ0) is 17.6. The van der Waals surface area contributed by atoms with Crippen molar-refractivity contribution in [2.24, 2.45) is 0 Å². The van der Waals surface area contributed by atoms with Gasteiger partial charge in [0.05, 0.1) is 6.10 Å². The largest absolute Gasteiger partial charge is 0.477 e. The molecule has 0 radical (unpaired) electrons. The monoisotopic (exact) mass is 340 g/mol. The summed E-state index contributed by atoms with van der Waals surface area (Å²) in [5, 5.41) is 9.09. The summed E-state index contributed by atoms with van der Waals surface area (Å²) in [6.07, 6.45) is 3.29. The molecule has 0 bridgehead atoms. The molecule has 6 nitrogen and oxygen atoms in total.